The summed E-state index contributed by atoms with van der Waals surface area (Å²) in [5.41, 5.74) is 7.56. The monoisotopic (exact) mass is 235 g/mol. The van der Waals surface area contributed by atoms with E-state index < -0.39 is 5.54 Å². The Hall–Kier alpha value is -1.16. The van der Waals surface area contributed by atoms with Gasteiger partial charge in [-0.3, -0.25) is 9.48 Å². The molecule has 0 radical (unpaired) electrons. The van der Waals surface area contributed by atoms with E-state index in [0.29, 0.717) is 6.42 Å². The van der Waals surface area contributed by atoms with E-state index in [1.807, 2.05) is 17.7 Å². The van der Waals surface area contributed by atoms with Crippen LogP contribution >= 0.6 is 0 Å². The number of rotatable bonds is 5. The van der Waals surface area contributed by atoms with Crippen molar-refractivity contribution in [3.8, 4) is 0 Å². The molecule has 1 saturated carbocycles. The zero-order valence-corrected chi connectivity index (χ0v) is 10.7. The normalized spacial score (nSPS) is 17.8. The van der Waals surface area contributed by atoms with Gasteiger partial charge < -0.3 is 5.73 Å². The molecule has 2 rings (SSSR count). The van der Waals surface area contributed by atoms with Gasteiger partial charge in [0, 0.05) is 12.2 Å². The van der Waals surface area contributed by atoms with Gasteiger partial charge in [0.25, 0.3) is 0 Å². The molecule has 0 spiro atoms. The third kappa shape index (κ3) is 2.27. The summed E-state index contributed by atoms with van der Waals surface area (Å²) in [5, 5.41) is 4.45. The molecule has 1 fully saturated rings. The second-order valence-corrected chi connectivity index (χ2v) is 4.91. The number of hydrogen-bond donors (Lipinski definition) is 1. The van der Waals surface area contributed by atoms with Gasteiger partial charge in [-0.05, 0) is 38.7 Å². The lowest BCUT2D eigenvalue weighted by atomic mass is 9.73. The minimum atomic E-state index is -0.546. The minimum absolute atomic E-state index is 0.168. The predicted octanol–water partition coefficient (Wildman–Crippen LogP) is 1.46. The maximum absolute atomic E-state index is 12.1. The van der Waals surface area contributed by atoms with Crippen LogP contribution in [0.5, 0.6) is 0 Å². The van der Waals surface area contributed by atoms with Gasteiger partial charge >= 0.3 is 0 Å². The Labute approximate surface area is 102 Å². The van der Waals surface area contributed by atoms with Crippen molar-refractivity contribution in [2.45, 2.75) is 58.0 Å². The Morgan fingerprint density at radius 3 is 2.71 bits per heavy atom. The summed E-state index contributed by atoms with van der Waals surface area (Å²) < 4.78 is 1.92. The number of hydrogen-bond acceptors (Lipinski definition) is 3. The summed E-state index contributed by atoms with van der Waals surface area (Å²) in [4.78, 5) is 12.1. The van der Waals surface area contributed by atoms with Gasteiger partial charge in [0.2, 0.25) is 0 Å². The molecule has 94 valence electrons. The van der Waals surface area contributed by atoms with Crippen LogP contribution in [-0.2, 0) is 24.2 Å². The van der Waals surface area contributed by atoms with E-state index in [-0.39, 0.29) is 5.78 Å². The summed E-state index contributed by atoms with van der Waals surface area (Å²) >= 11 is 0. The average molecular weight is 235 g/mol. The average Bonchev–Trinajstić information content (AvgIpc) is 2.68. The molecule has 1 heterocycles. The molecule has 1 aliphatic carbocycles. The van der Waals surface area contributed by atoms with Gasteiger partial charge in [0.1, 0.15) is 0 Å². The molecule has 0 aliphatic heterocycles. The van der Waals surface area contributed by atoms with Crippen molar-refractivity contribution in [1.82, 2.24) is 9.78 Å². The Balaban J connectivity index is 2.12. The number of carbonyl (C=O) groups excluding carboxylic acids is 1. The van der Waals surface area contributed by atoms with Crippen molar-refractivity contribution in [2.24, 2.45) is 5.73 Å². The fourth-order valence-electron chi connectivity index (χ4n) is 2.28. The second-order valence-electron chi connectivity index (χ2n) is 4.91. The van der Waals surface area contributed by atoms with Gasteiger partial charge in [-0.25, -0.2) is 0 Å². The number of carbonyl (C=O) groups is 1. The quantitative estimate of drug-likeness (QED) is 0.840. The molecule has 0 amide bonds. The van der Waals surface area contributed by atoms with Gasteiger partial charge in [-0.1, -0.05) is 6.92 Å². The highest BCUT2D eigenvalue weighted by Crippen LogP contribution is 2.31. The molecule has 0 bridgehead atoms. The number of Topliss-reactive ketones (excluding diaryl/α,β-unsaturated/α-hetero) is 1. The van der Waals surface area contributed by atoms with Crippen LogP contribution in [0.1, 0.15) is 44.5 Å². The second kappa shape index (κ2) is 4.61. The van der Waals surface area contributed by atoms with Crippen LogP contribution in [0, 0.1) is 0 Å². The number of nitrogens with zero attached hydrogens (tertiary/aromatic N) is 2. The molecule has 17 heavy (non-hydrogen) atoms. The first-order valence-electron chi connectivity index (χ1n) is 6.47. The zero-order valence-electron chi connectivity index (χ0n) is 10.7. The lowest BCUT2D eigenvalue weighted by Crippen LogP contribution is -2.54. The van der Waals surface area contributed by atoms with Crippen LogP contribution in [0.15, 0.2) is 6.07 Å². The van der Waals surface area contributed by atoms with Crippen LogP contribution in [0.3, 0.4) is 0 Å². The topological polar surface area (TPSA) is 60.9 Å². The molecular weight excluding hydrogens is 214 g/mol. The molecule has 0 atom stereocenters. The van der Waals surface area contributed by atoms with E-state index in [4.69, 9.17) is 5.73 Å². The van der Waals surface area contributed by atoms with Crippen molar-refractivity contribution in [3.05, 3.63) is 17.5 Å². The van der Waals surface area contributed by atoms with Crippen LogP contribution in [0.25, 0.3) is 0 Å². The molecule has 0 aromatic carbocycles. The molecule has 4 nitrogen and oxygen atoms in total. The van der Waals surface area contributed by atoms with Crippen molar-refractivity contribution in [3.63, 3.8) is 0 Å². The van der Waals surface area contributed by atoms with Crippen molar-refractivity contribution >= 4 is 5.78 Å². The SMILES string of the molecule is CCc1cc(CC(=O)C2(N)CCC2)n(CC)n1. The third-order valence-electron chi connectivity index (χ3n) is 3.72. The van der Waals surface area contributed by atoms with E-state index in [2.05, 4.69) is 12.0 Å². The van der Waals surface area contributed by atoms with Crippen LogP contribution in [0.2, 0.25) is 0 Å². The highest BCUT2D eigenvalue weighted by atomic mass is 16.1. The smallest absolute Gasteiger partial charge is 0.158 e. The summed E-state index contributed by atoms with van der Waals surface area (Å²) in [5.74, 6) is 0.168. The predicted molar refractivity (Wildman–Crippen MR) is 66.8 cm³/mol. The van der Waals surface area contributed by atoms with Gasteiger partial charge in [-0.2, -0.15) is 5.10 Å². The number of nitrogens with two attached hydrogens (primary N) is 1. The Morgan fingerprint density at radius 2 is 2.24 bits per heavy atom. The highest BCUT2D eigenvalue weighted by Gasteiger charge is 2.39. The number of ketones is 1. The fourth-order valence-corrected chi connectivity index (χ4v) is 2.28. The molecular formula is C13H21N3O. The van der Waals surface area contributed by atoms with E-state index >= 15 is 0 Å². The van der Waals surface area contributed by atoms with Crippen LogP contribution < -0.4 is 5.73 Å². The van der Waals surface area contributed by atoms with E-state index in [0.717, 1.165) is 43.6 Å². The lowest BCUT2D eigenvalue weighted by Gasteiger charge is -2.36. The summed E-state index contributed by atoms with van der Waals surface area (Å²) in [6.07, 6.45) is 4.09. The third-order valence-corrected chi connectivity index (χ3v) is 3.72. The summed E-state index contributed by atoms with van der Waals surface area (Å²) in [7, 11) is 0. The number of aromatic nitrogens is 2. The van der Waals surface area contributed by atoms with Crippen LogP contribution in [-0.4, -0.2) is 21.1 Å². The molecule has 1 aromatic rings. The Bertz CT molecular complexity index is 418. The molecule has 4 heteroatoms. The molecule has 1 aromatic heterocycles. The standard InChI is InChI=1S/C13H21N3O/c1-3-10-8-11(16(4-2)15-10)9-12(17)13(14)6-5-7-13/h8H,3-7,9,14H2,1-2H3. The molecule has 2 N–H and O–H groups in total. The van der Waals surface area contributed by atoms with E-state index in [1.165, 1.54) is 0 Å². The first-order chi connectivity index (χ1) is 8.09. The molecule has 0 saturated heterocycles. The maximum atomic E-state index is 12.1. The summed E-state index contributed by atoms with van der Waals surface area (Å²) in [6.45, 7) is 4.92. The fraction of sp³-hybridized carbons (Fsp3) is 0.692. The summed E-state index contributed by atoms with van der Waals surface area (Å²) in [6, 6.07) is 2.03. The minimum Gasteiger partial charge on any atom is -0.319 e. The zero-order chi connectivity index (χ0) is 12.5. The van der Waals surface area contributed by atoms with Gasteiger partial charge in [0.05, 0.1) is 17.7 Å². The first kappa shape index (κ1) is 12.3. The van der Waals surface area contributed by atoms with Gasteiger partial charge in [-0.15, -0.1) is 0 Å². The molecule has 1 aliphatic rings. The van der Waals surface area contributed by atoms with Crippen molar-refractivity contribution < 1.29 is 4.79 Å². The first-order valence-corrected chi connectivity index (χ1v) is 6.47. The van der Waals surface area contributed by atoms with E-state index in [9.17, 15) is 4.79 Å². The van der Waals surface area contributed by atoms with Crippen molar-refractivity contribution in [1.29, 1.82) is 0 Å². The Morgan fingerprint density at radius 1 is 1.53 bits per heavy atom. The van der Waals surface area contributed by atoms with Crippen molar-refractivity contribution in [2.75, 3.05) is 0 Å². The van der Waals surface area contributed by atoms with E-state index in [1.54, 1.807) is 0 Å². The maximum Gasteiger partial charge on any atom is 0.158 e. The Kier molecular flexibility index (Phi) is 3.33. The van der Waals surface area contributed by atoms with Gasteiger partial charge in [0.15, 0.2) is 5.78 Å². The lowest BCUT2D eigenvalue weighted by molar-refractivity contribution is -0.126. The number of aryl methyl sites for hydroxylation is 2. The highest BCUT2D eigenvalue weighted by molar-refractivity contribution is 5.90. The molecule has 0 unspecified atom stereocenters. The largest absolute Gasteiger partial charge is 0.319 e. The van der Waals surface area contributed by atoms with Crippen LogP contribution in [0.4, 0.5) is 0 Å².